The van der Waals surface area contributed by atoms with Crippen molar-refractivity contribution < 1.29 is 13.9 Å². The summed E-state index contributed by atoms with van der Waals surface area (Å²) in [5, 5.41) is 0. The number of rotatable bonds is 9. The third-order valence-electron chi connectivity index (χ3n) is 3.96. The second-order valence-corrected chi connectivity index (χ2v) is 5.88. The second kappa shape index (κ2) is 10.2. The molecule has 0 aliphatic heterocycles. The number of hydrogen-bond donors (Lipinski definition) is 0. The molecular formula is C21H23FN2O2. The first-order chi connectivity index (χ1) is 12.7. The molecule has 0 saturated heterocycles. The van der Waals surface area contributed by atoms with Crippen molar-refractivity contribution in [3.05, 3.63) is 71.8 Å². The average molecular weight is 354 g/mol. The highest BCUT2D eigenvalue weighted by Crippen LogP contribution is 2.22. The van der Waals surface area contributed by atoms with Crippen LogP contribution < -0.4 is 0 Å². The zero-order valence-corrected chi connectivity index (χ0v) is 14.8. The van der Waals surface area contributed by atoms with E-state index in [1.165, 1.54) is 13.3 Å². The quantitative estimate of drug-likeness (QED) is 0.390. The maximum Gasteiger partial charge on any atom is 0.336 e. The van der Waals surface area contributed by atoms with E-state index in [4.69, 9.17) is 4.74 Å². The number of esters is 1. The maximum atomic E-state index is 13.8. The Morgan fingerprint density at radius 1 is 1.04 bits per heavy atom. The summed E-state index contributed by atoms with van der Waals surface area (Å²) in [5.74, 6) is -0.667. The lowest BCUT2D eigenvalue weighted by atomic mass is 9.95. The van der Waals surface area contributed by atoms with E-state index >= 15 is 0 Å². The smallest absolute Gasteiger partial charge is 0.336 e. The Labute approximate surface area is 153 Å². The molecule has 0 aliphatic rings. The van der Waals surface area contributed by atoms with Gasteiger partial charge in [0.05, 0.1) is 7.11 Å². The van der Waals surface area contributed by atoms with Gasteiger partial charge in [-0.05, 0) is 24.0 Å². The maximum absolute atomic E-state index is 13.8. The van der Waals surface area contributed by atoms with Crippen molar-refractivity contribution in [2.45, 2.75) is 18.4 Å². The number of alkyl halides is 1. The van der Waals surface area contributed by atoms with Gasteiger partial charge in [0.2, 0.25) is 0 Å². The summed E-state index contributed by atoms with van der Waals surface area (Å²) in [6.07, 6.45) is 4.03. The molecule has 0 saturated carbocycles. The largest absolute Gasteiger partial charge is 0.467 e. The average Bonchev–Trinajstić information content (AvgIpc) is 2.71. The summed E-state index contributed by atoms with van der Waals surface area (Å²) >= 11 is 0. The zero-order valence-electron chi connectivity index (χ0n) is 14.8. The van der Waals surface area contributed by atoms with Crippen molar-refractivity contribution in [3.8, 4) is 0 Å². The zero-order chi connectivity index (χ0) is 18.7. The topological polar surface area (TPSA) is 51.0 Å². The van der Waals surface area contributed by atoms with Gasteiger partial charge in [0, 0.05) is 19.0 Å². The van der Waals surface area contributed by atoms with Gasteiger partial charge in [0.15, 0.2) is 5.54 Å². The summed E-state index contributed by atoms with van der Waals surface area (Å²) in [4.78, 5) is 20.7. The predicted molar refractivity (Wildman–Crippen MR) is 103 cm³/mol. The Kier molecular flexibility index (Phi) is 7.68. The first kappa shape index (κ1) is 19.5. The normalized spacial score (nSPS) is 13.8. The van der Waals surface area contributed by atoms with Crippen LogP contribution >= 0.6 is 0 Å². The molecule has 0 amide bonds. The third-order valence-corrected chi connectivity index (χ3v) is 3.96. The first-order valence-corrected chi connectivity index (χ1v) is 8.50. The molecule has 4 nitrogen and oxygen atoms in total. The van der Waals surface area contributed by atoms with Gasteiger partial charge in [0.1, 0.15) is 6.67 Å². The Morgan fingerprint density at radius 3 is 2.15 bits per heavy atom. The van der Waals surface area contributed by atoms with Crippen LogP contribution in [0.15, 0.2) is 70.6 Å². The van der Waals surface area contributed by atoms with Gasteiger partial charge >= 0.3 is 5.97 Å². The molecule has 0 heterocycles. The van der Waals surface area contributed by atoms with Gasteiger partial charge < -0.3 is 4.74 Å². The van der Waals surface area contributed by atoms with Gasteiger partial charge in [0.25, 0.3) is 0 Å². The summed E-state index contributed by atoms with van der Waals surface area (Å²) in [5.41, 5.74) is 0.281. The number of carbonyl (C=O) groups is 1. The lowest BCUT2D eigenvalue weighted by Gasteiger charge is -2.23. The van der Waals surface area contributed by atoms with Crippen LogP contribution in [-0.4, -0.2) is 44.3 Å². The van der Waals surface area contributed by atoms with Crippen molar-refractivity contribution in [3.63, 3.8) is 0 Å². The fourth-order valence-electron chi connectivity index (χ4n) is 2.47. The molecule has 2 aromatic rings. The SMILES string of the molecule is COC(=O)C(CF)(CCCN=Cc1ccccc1)N=Cc1ccccc1. The number of ether oxygens (including phenoxy) is 1. The molecule has 1 unspecified atom stereocenters. The molecule has 0 spiro atoms. The molecular weight excluding hydrogens is 331 g/mol. The lowest BCUT2D eigenvalue weighted by molar-refractivity contribution is -0.147. The second-order valence-electron chi connectivity index (χ2n) is 5.88. The van der Waals surface area contributed by atoms with E-state index in [1.807, 2.05) is 60.7 Å². The van der Waals surface area contributed by atoms with Crippen molar-refractivity contribution in [2.24, 2.45) is 9.98 Å². The molecule has 2 aromatic carbocycles. The predicted octanol–water partition coefficient (Wildman–Crippen LogP) is 3.89. The van der Waals surface area contributed by atoms with E-state index in [-0.39, 0.29) is 6.42 Å². The summed E-state index contributed by atoms with van der Waals surface area (Å²) in [6.45, 7) is -0.431. The number of aliphatic imine (C=N–C) groups is 2. The van der Waals surface area contributed by atoms with Crippen LogP contribution in [0.2, 0.25) is 0 Å². The van der Waals surface area contributed by atoms with Crippen LogP contribution in [0.1, 0.15) is 24.0 Å². The van der Waals surface area contributed by atoms with E-state index < -0.39 is 18.2 Å². The highest BCUT2D eigenvalue weighted by Gasteiger charge is 2.38. The summed E-state index contributed by atoms with van der Waals surface area (Å²) < 4.78 is 18.6. The van der Waals surface area contributed by atoms with Crippen molar-refractivity contribution >= 4 is 18.4 Å². The molecule has 5 heteroatoms. The van der Waals surface area contributed by atoms with Gasteiger partial charge in [-0.3, -0.25) is 9.98 Å². The number of nitrogens with zero attached hydrogens (tertiary/aromatic N) is 2. The summed E-state index contributed by atoms with van der Waals surface area (Å²) in [7, 11) is 1.25. The van der Waals surface area contributed by atoms with E-state index in [0.717, 1.165) is 11.1 Å². The van der Waals surface area contributed by atoms with Crippen LogP contribution in [0.4, 0.5) is 4.39 Å². The van der Waals surface area contributed by atoms with Gasteiger partial charge in [-0.1, -0.05) is 60.7 Å². The van der Waals surface area contributed by atoms with Gasteiger partial charge in [-0.2, -0.15) is 0 Å². The van der Waals surface area contributed by atoms with Gasteiger partial charge in [-0.15, -0.1) is 0 Å². The molecule has 0 aliphatic carbocycles. The number of methoxy groups -OCH3 is 1. The Balaban J connectivity index is 2.01. The van der Waals surface area contributed by atoms with Crippen LogP contribution in [-0.2, 0) is 9.53 Å². The lowest BCUT2D eigenvalue weighted by Crippen LogP contribution is -2.40. The van der Waals surface area contributed by atoms with Crippen molar-refractivity contribution in [2.75, 3.05) is 20.3 Å². The minimum atomic E-state index is -1.52. The monoisotopic (exact) mass is 354 g/mol. The van der Waals surface area contributed by atoms with E-state index in [1.54, 1.807) is 6.21 Å². The fraction of sp³-hybridized carbons (Fsp3) is 0.286. The first-order valence-electron chi connectivity index (χ1n) is 8.50. The minimum Gasteiger partial charge on any atom is -0.467 e. The molecule has 0 N–H and O–H groups in total. The van der Waals surface area contributed by atoms with Crippen LogP contribution in [0.5, 0.6) is 0 Å². The van der Waals surface area contributed by atoms with E-state index in [2.05, 4.69) is 9.98 Å². The molecule has 26 heavy (non-hydrogen) atoms. The van der Waals surface area contributed by atoms with Crippen molar-refractivity contribution in [1.29, 1.82) is 0 Å². The minimum absolute atomic E-state index is 0.228. The molecule has 0 fully saturated rings. The molecule has 2 rings (SSSR count). The number of hydrogen-bond acceptors (Lipinski definition) is 4. The van der Waals surface area contributed by atoms with Crippen LogP contribution in [0, 0.1) is 0 Å². The summed E-state index contributed by atoms with van der Waals surface area (Å²) in [6, 6.07) is 19.0. The molecule has 0 bridgehead atoms. The number of halogens is 1. The van der Waals surface area contributed by atoms with Crippen LogP contribution in [0.25, 0.3) is 0 Å². The highest BCUT2D eigenvalue weighted by molar-refractivity contribution is 5.87. The van der Waals surface area contributed by atoms with E-state index in [0.29, 0.717) is 13.0 Å². The number of carbonyl (C=O) groups excluding carboxylic acids is 1. The van der Waals surface area contributed by atoms with Gasteiger partial charge in [-0.25, -0.2) is 9.18 Å². The van der Waals surface area contributed by atoms with E-state index in [9.17, 15) is 9.18 Å². The number of benzene rings is 2. The third kappa shape index (κ3) is 5.62. The van der Waals surface area contributed by atoms with Crippen molar-refractivity contribution in [1.82, 2.24) is 0 Å². The van der Waals surface area contributed by atoms with Crippen LogP contribution in [0.3, 0.4) is 0 Å². The standard InChI is InChI=1S/C21H23FN2O2/c1-26-20(25)21(17-22,24-16-19-11-6-3-7-12-19)13-8-14-23-15-18-9-4-2-5-10-18/h2-7,9-12,15-16H,8,13-14,17H2,1H3. The molecule has 136 valence electrons. The Bertz CT molecular complexity index is 732. The Morgan fingerprint density at radius 2 is 1.62 bits per heavy atom. The molecule has 0 radical (unpaired) electrons. The fourth-order valence-corrected chi connectivity index (χ4v) is 2.47. The highest BCUT2D eigenvalue weighted by atomic mass is 19.1. The Hall–Kier alpha value is -2.82. The molecule has 1 atom stereocenters. The molecule has 0 aromatic heterocycles.